The number of ether oxygens (including phenoxy) is 2. The maximum Gasteiger partial charge on any atom is 0.127 e. The van der Waals surface area contributed by atoms with Gasteiger partial charge in [0.2, 0.25) is 0 Å². The third kappa shape index (κ3) is 3.42. The zero-order valence-electron chi connectivity index (χ0n) is 14.2. The Kier molecular flexibility index (Phi) is 4.35. The second-order valence-corrected chi connectivity index (χ2v) is 5.69. The quantitative estimate of drug-likeness (QED) is 0.525. The Labute approximate surface area is 151 Å². The SMILES string of the molecule is COc1ccc(-c2cn(-c3ccc(Oc4ccccc4)cc3)nn2)cc1. The first-order valence-corrected chi connectivity index (χ1v) is 8.22. The van der Waals surface area contributed by atoms with Crippen molar-refractivity contribution < 1.29 is 9.47 Å². The number of benzene rings is 3. The predicted molar refractivity (Wildman–Crippen MR) is 99.9 cm³/mol. The summed E-state index contributed by atoms with van der Waals surface area (Å²) in [7, 11) is 1.65. The van der Waals surface area contributed by atoms with E-state index in [2.05, 4.69) is 10.3 Å². The number of nitrogens with zero attached hydrogens (tertiary/aromatic N) is 3. The Morgan fingerprint density at radius 1 is 0.731 bits per heavy atom. The van der Waals surface area contributed by atoms with E-state index in [9.17, 15) is 0 Å². The first kappa shape index (κ1) is 15.9. The van der Waals surface area contributed by atoms with E-state index in [1.807, 2.05) is 85.1 Å². The molecule has 0 aliphatic rings. The van der Waals surface area contributed by atoms with Crippen LogP contribution in [0.5, 0.6) is 17.2 Å². The minimum absolute atomic E-state index is 0.774. The number of para-hydroxylation sites is 1. The molecule has 0 atom stereocenters. The molecule has 1 aromatic heterocycles. The molecule has 128 valence electrons. The van der Waals surface area contributed by atoms with Gasteiger partial charge in [-0.1, -0.05) is 23.4 Å². The van der Waals surface area contributed by atoms with Gasteiger partial charge in [0, 0.05) is 5.56 Å². The number of rotatable bonds is 5. The summed E-state index contributed by atoms with van der Waals surface area (Å²) in [6, 6.07) is 25.2. The van der Waals surface area contributed by atoms with E-state index in [1.165, 1.54) is 0 Å². The molecule has 0 saturated carbocycles. The number of methoxy groups -OCH3 is 1. The molecule has 0 spiro atoms. The molecule has 1 heterocycles. The maximum absolute atomic E-state index is 5.81. The summed E-state index contributed by atoms with van der Waals surface area (Å²) in [5.41, 5.74) is 2.70. The molecule has 0 radical (unpaired) electrons. The molecular weight excluding hydrogens is 326 g/mol. The highest BCUT2D eigenvalue weighted by Gasteiger charge is 2.06. The number of aromatic nitrogens is 3. The summed E-state index contributed by atoms with van der Waals surface area (Å²) in [5, 5.41) is 8.46. The topological polar surface area (TPSA) is 49.2 Å². The molecule has 0 aliphatic heterocycles. The van der Waals surface area contributed by atoms with Crippen molar-refractivity contribution in [3.63, 3.8) is 0 Å². The summed E-state index contributed by atoms with van der Waals surface area (Å²) < 4.78 is 12.7. The van der Waals surface area contributed by atoms with Crippen LogP contribution in [-0.2, 0) is 0 Å². The smallest absolute Gasteiger partial charge is 0.127 e. The molecule has 0 fully saturated rings. The summed E-state index contributed by atoms with van der Waals surface area (Å²) in [6.07, 6.45) is 1.90. The van der Waals surface area contributed by atoms with E-state index >= 15 is 0 Å². The van der Waals surface area contributed by atoms with Crippen molar-refractivity contribution in [3.05, 3.63) is 85.1 Å². The Bertz CT molecular complexity index is 978. The molecule has 0 amide bonds. The van der Waals surface area contributed by atoms with E-state index in [0.717, 1.165) is 34.2 Å². The van der Waals surface area contributed by atoms with Crippen molar-refractivity contribution in [1.29, 1.82) is 0 Å². The van der Waals surface area contributed by atoms with Gasteiger partial charge in [-0.15, -0.1) is 5.10 Å². The van der Waals surface area contributed by atoms with Gasteiger partial charge in [0.1, 0.15) is 22.9 Å². The van der Waals surface area contributed by atoms with Crippen LogP contribution >= 0.6 is 0 Å². The zero-order valence-corrected chi connectivity index (χ0v) is 14.2. The highest BCUT2D eigenvalue weighted by Crippen LogP contribution is 2.24. The van der Waals surface area contributed by atoms with Crippen molar-refractivity contribution in [2.75, 3.05) is 7.11 Å². The van der Waals surface area contributed by atoms with E-state index in [4.69, 9.17) is 9.47 Å². The first-order valence-electron chi connectivity index (χ1n) is 8.22. The van der Waals surface area contributed by atoms with Gasteiger partial charge in [0.25, 0.3) is 0 Å². The molecular formula is C21H17N3O2. The molecule has 0 unspecified atom stereocenters. The van der Waals surface area contributed by atoms with Gasteiger partial charge < -0.3 is 9.47 Å². The minimum Gasteiger partial charge on any atom is -0.497 e. The van der Waals surface area contributed by atoms with Gasteiger partial charge in [-0.25, -0.2) is 4.68 Å². The fourth-order valence-corrected chi connectivity index (χ4v) is 2.58. The van der Waals surface area contributed by atoms with Crippen LogP contribution in [-0.4, -0.2) is 22.1 Å². The van der Waals surface area contributed by atoms with Gasteiger partial charge in [-0.2, -0.15) is 0 Å². The zero-order chi connectivity index (χ0) is 17.8. The molecule has 0 saturated heterocycles. The Balaban J connectivity index is 1.52. The van der Waals surface area contributed by atoms with Crippen molar-refractivity contribution in [2.24, 2.45) is 0 Å². The summed E-state index contributed by atoms with van der Waals surface area (Å²) in [4.78, 5) is 0. The minimum atomic E-state index is 0.774. The summed E-state index contributed by atoms with van der Waals surface area (Å²) >= 11 is 0. The molecule has 5 heteroatoms. The molecule has 3 aromatic carbocycles. The van der Waals surface area contributed by atoms with E-state index < -0.39 is 0 Å². The van der Waals surface area contributed by atoms with Crippen LogP contribution in [0.3, 0.4) is 0 Å². The Morgan fingerprint density at radius 3 is 2.08 bits per heavy atom. The molecule has 4 aromatic rings. The third-order valence-corrected chi connectivity index (χ3v) is 3.96. The van der Waals surface area contributed by atoms with Gasteiger partial charge in [0.15, 0.2) is 0 Å². The van der Waals surface area contributed by atoms with Crippen molar-refractivity contribution in [1.82, 2.24) is 15.0 Å². The summed E-state index contributed by atoms with van der Waals surface area (Å²) in [6.45, 7) is 0. The Hall–Kier alpha value is -3.60. The first-order chi connectivity index (χ1) is 12.8. The lowest BCUT2D eigenvalue weighted by molar-refractivity contribution is 0.415. The van der Waals surface area contributed by atoms with Crippen molar-refractivity contribution >= 4 is 0 Å². The number of hydrogen-bond acceptors (Lipinski definition) is 4. The molecule has 4 rings (SSSR count). The highest BCUT2D eigenvalue weighted by molar-refractivity contribution is 5.59. The van der Waals surface area contributed by atoms with Gasteiger partial charge in [-0.05, 0) is 60.7 Å². The standard InChI is InChI=1S/C21H17N3O2/c1-25-18-11-7-16(8-12-18)21-15-24(23-22-21)17-9-13-20(14-10-17)26-19-5-3-2-4-6-19/h2-15H,1H3. The highest BCUT2D eigenvalue weighted by atomic mass is 16.5. The normalized spacial score (nSPS) is 10.5. The molecule has 0 N–H and O–H groups in total. The largest absolute Gasteiger partial charge is 0.497 e. The second-order valence-electron chi connectivity index (χ2n) is 5.69. The summed E-state index contributed by atoms with van der Waals surface area (Å²) in [5.74, 6) is 2.40. The van der Waals surface area contributed by atoms with Crippen LogP contribution in [0.25, 0.3) is 16.9 Å². The predicted octanol–water partition coefficient (Wildman–Crippen LogP) is 4.74. The van der Waals surface area contributed by atoms with E-state index in [0.29, 0.717) is 0 Å². The van der Waals surface area contributed by atoms with E-state index in [1.54, 1.807) is 11.8 Å². The fourth-order valence-electron chi connectivity index (χ4n) is 2.58. The fraction of sp³-hybridized carbons (Fsp3) is 0.0476. The average molecular weight is 343 g/mol. The van der Waals surface area contributed by atoms with Crippen LogP contribution < -0.4 is 9.47 Å². The molecule has 26 heavy (non-hydrogen) atoms. The average Bonchev–Trinajstić information content (AvgIpc) is 3.20. The lowest BCUT2D eigenvalue weighted by Gasteiger charge is -2.06. The van der Waals surface area contributed by atoms with Crippen LogP contribution in [0.1, 0.15) is 0 Å². The maximum atomic E-state index is 5.81. The van der Waals surface area contributed by atoms with Gasteiger partial charge in [0.05, 0.1) is 19.0 Å². The molecule has 0 bridgehead atoms. The van der Waals surface area contributed by atoms with Gasteiger partial charge >= 0.3 is 0 Å². The second kappa shape index (κ2) is 7.11. The van der Waals surface area contributed by atoms with Crippen molar-refractivity contribution in [3.8, 4) is 34.2 Å². The van der Waals surface area contributed by atoms with Crippen LogP contribution in [0.2, 0.25) is 0 Å². The van der Waals surface area contributed by atoms with E-state index in [-0.39, 0.29) is 0 Å². The van der Waals surface area contributed by atoms with Crippen LogP contribution in [0.15, 0.2) is 85.1 Å². The Morgan fingerprint density at radius 2 is 1.38 bits per heavy atom. The third-order valence-electron chi connectivity index (χ3n) is 3.96. The molecule has 0 aliphatic carbocycles. The number of hydrogen-bond donors (Lipinski definition) is 0. The molecule has 5 nitrogen and oxygen atoms in total. The van der Waals surface area contributed by atoms with Crippen molar-refractivity contribution in [2.45, 2.75) is 0 Å². The lowest BCUT2D eigenvalue weighted by atomic mass is 10.1. The van der Waals surface area contributed by atoms with Crippen LogP contribution in [0, 0.1) is 0 Å². The monoisotopic (exact) mass is 343 g/mol. The van der Waals surface area contributed by atoms with Gasteiger partial charge in [-0.3, -0.25) is 0 Å². The lowest BCUT2D eigenvalue weighted by Crippen LogP contribution is -1.94. The van der Waals surface area contributed by atoms with Crippen LogP contribution in [0.4, 0.5) is 0 Å².